The molecule has 0 saturated heterocycles. The first-order valence-corrected chi connectivity index (χ1v) is 7.13. The van der Waals surface area contributed by atoms with Gasteiger partial charge in [-0.1, -0.05) is 6.07 Å². The Morgan fingerprint density at radius 2 is 2.04 bits per heavy atom. The van der Waals surface area contributed by atoms with Gasteiger partial charge in [-0.25, -0.2) is 0 Å². The minimum atomic E-state index is -3.04. The highest BCUT2D eigenvalue weighted by atomic mass is 19.3. The SMILES string of the molecule is CC(N)=C(C#N)C(=O)COC(=O)CNC(=O)c1cccc(OC(F)F)c1. The summed E-state index contributed by atoms with van der Waals surface area (Å²) in [6.45, 7) is -2.96. The Morgan fingerprint density at radius 3 is 2.62 bits per heavy atom. The molecule has 0 unspecified atom stereocenters. The molecule has 1 aromatic rings. The maximum Gasteiger partial charge on any atom is 0.387 e. The Kier molecular flexibility index (Phi) is 7.69. The van der Waals surface area contributed by atoms with E-state index in [0.29, 0.717) is 0 Å². The van der Waals surface area contributed by atoms with Crippen LogP contribution in [0.4, 0.5) is 8.78 Å². The zero-order valence-corrected chi connectivity index (χ0v) is 13.6. The number of nitrogens with zero attached hydrogens (tertiary/aromatic N) is 1. The van der Waals surface area contributed by atoms with Crippen LogP contribution in [0.5, 0.6) is 5.75 Å². The molecule has 3 N–H and O–H groups in total. The molecule has 0 heterocycles. The van der Waals surface area contributed by atoms with E-state index >= 15 is 0 Å². The zero-order valence-electron chi connectivity index (χ0n) is 13.6. The van der Waals surface area contributed by atoms with Gasteiger partial charge in [0.25, 0.3) is 5.91 Å². The number of amides is 1. The normalized spacial score (nSPS) is 11.2. The smallest absolute Gasteiger partial charge is 0.387 e. The molecular weight excluding hydrogens is 352 g/mol. The van der Waals surface area contributed by atoms with Gasteiger partial charge in [-0.2, -0.15) is 14.0 Å². The molecule has 0 aliphatic heterocycles. The molecular formula is C16H15F2N3O5. The fourth-order valence-corrected chi connectivity index (χ4v) is 1.71. The van der Waals surface area contributed by atoms with Crippen molar-refractivity contribution < 1.29 is 32.6 Å². The van der Waals surface area contributed by atoms with Gasteiger partial charge in [-0.15, -0.1) is 0 Å². The largest absolute Gasteiger partial charge is 0.456 e. The zero-order chi connectivity index (χ0) is 19.7. The molecule has 8 nitrogen and oxygen atoms in total. The molecule has 0 atom stereocenters. The molecule has 10 heteroatoms. The number of carbonyl (C=O) groups excluding carboxylic acids is 3. The molecule has 0 fully saturated rings. The average molecular weight is 367 g/mol. The summed E-state index contributed by atoms with van der Waals surface area (Å²) >= 11 is 0. The van der Waals surface area contributed by atoms with Crippen LogP contribution in [0.1, 0.15) is 17.3 Å². The summed E-state index contributed by atoms with van der Waals surface area (Å²) in [6, 6.07) is 6.56. The molecule has 0 aliphatic carbocycles. The van der Waals surface area contributed by atoms with Gasteiger partial charge >= 0.3 is 12.6 Å². The second kappa shape index (κ2) is 9.73. The lowest BCUT2D eigenvalue weighted by Crippen LogP contribution is -2.31. The number of halogens is 2. The third-order valence-electron chi connectivity index (χ3n) is 2.86. The number of carbonyl (C=O) groups is 3. The topological polar surface area (TPSA) is 132 Å². The van der Waals surface area contributed by atoms with Crippen LogP contribution in [0, 0.1) is 11.3 Å². The first-order chi connectivity index (χ1) is 12.2. The first kappa shape index (κ1) is 20.6. The van der Waals surface area contributed by atoms with Gasteiger partial charge in [0.1, 0.15) is 23.9 Å². The fraction of sp³-hybridized carbons (Fsp3) is 0.250. The third-order valence-corrected chi connectivity index (χ3v) is 2.86. The summed E-state index contributed by atoms with van der Waals surface area (Å²) in [5.41, 5.74) is 5.00. The van der Waals surface area contributed by atoms with Crippen LogP contribution in [-0.2, 0) is 14.3 Å². The molecule has 1 amide bonds. The van der Waals surface area contributed by atoms with Crippen molar-refractivity contribution in [2.75, 3.05) is 13.2 Å². The van der Waals surface area contributed by atoms with Crippen LogP contribution in [0.15, 0.2) is 35.5 Å². The number of benzene rings is 1. The molecule has 0 spiro atoms. The van der Waals surface area contributed by atoms with Crippen LogP contribution in [0.3, 0.4) is 0 Å². The van der Waals surface area contributed by atoms with Crippen molar-refractivity contribution in [3.05, 3.63) is 41.1 Å². The number of ketones is 1. The number of esters is 1. The summed E-state index contributed by atoms with van der Waals surface area (Å²) in [5.74, 6) is -2.65. The Morgan fingerprint density at radius 1 is 1.35 bits per heavy atom. The van der Waals surface area contributed by atoms with Crippen molar-refractivity contribution in [3.8, 4) is 11.8 Å². The monoisotopic (exact) mass is 367 g/mol. The minimum Gasteiger partial charge on any atom is -0.456 e. The molecule has 26 heavy (non-hydrogen) atoms. The van der Waals surface area contributed by atoms with Gasteiger partial charge in [-0.05, 0) is 25.1 Å². The van der Waals surface area contributed by atoms with Gasteiger partial charge < -0.3 is 20.5 Å². The first-order valence-electron chi connectivity index (χ1n) is 7.13. The molecule has 0 aliphatic rings. The van der Waals surface area contributed by atoms with E-state index in [0.717, 1.165) is 6.07 Å². The second-order valence-electron chi connectivity index (χ2n) is 4.84. The highest BCUT2D eigenvalue weighted by molar-refractivity contribution is 6.01. The van der Waals surface area contributed by atoms with E-state index in [2.05, 4.69) is 14.8 Å². The van der Waals surface area contributed by atoms with E-state index in [9.17, 15) is 23.2 Å². The highest BCUT2D eigenvalue weighted by Gasteiger charge is 2.15. The molecule has 0 aromatic heterocycles. The molecule has 0 saturated carbocycles. The predicted molar refractivity (Wildman–Crippen MR) is 83.9 cm³/mol. The van der Waals surface area contributed by atoms with Gasteiger partial charge in [-0.3, -0.25) is 14.4 Å². The highest BCUT2D eigenvalue weighted by Crippen LogP contribution is 2.15. The number of allylic oxidation sites excluding steroid dienone is 1. The summed E-state index contributed by atoms with van der Waals surface area (Å²) in [4.78, 5) is 35.0. The van der Waals surface area contributed by atoms with E-state index in [1.54, 1.807) is 6.07 Å². The lowest BCUT2D eigenvalue weighted by atomic mass is 10.1. The fourth-order valence-electron chi connectivity index (χ4n) is 1.71. The second-order valence-corrected chi connectivity index (χ2v) is 4.84. The van der Waals surface area contributed by atoms with Crippen molar-refractivity contribution in [1.29, 1.82) is 5.26 Å². The number of nitriles is 1. The molecule has 0 bridgehead atoms. The van der Waals surface area contributed by atoms with Crippen LogP contribution in [0.2, 0.25) is 0 Å². The van der Waals surface area contributed by atoms with Crippen LogP contribution in [-0.4, -0.2) is 37.4 Å². The quantitative estimate of drug-likeness (QED) is 0.396. The summed E-state index contributed by atoms with van der Waals surface area (Å²) < 4.78 is 33.1. The van der Waals surface area contributed by atoms with E-state index in [1.807, 2.05) is 0 Å². The van der Waals surface area contributed by atoms with E-state index < -0.39 is 37.4 Å². The maximum absolute atomic E-state index is 12.1. The number of alkyl halides is 2. The molecule has 138 valence electrons. The van der Waals surface area contributed by atoms with Gasteiger partial charge in [0.2, 0.25) is 5.78 Å². The van der Waals surface area contributed by atoms with Crippen LogP contribution < -0.4 is 15.8 Å². The lowest BCUT2D eigenvalue weighted by Gasteiger charge is -2.08. The maximum atomic E-state index is 12.1. The number of hydrogen-bond acceptors (Lipinski definition) is 7. The van der Waals surface area contributed by atoms with Gasteiger partial charge in [0, 0.05) is 11.3 Å². The number of nitrogens with one attached hydrogen (secondary N) is 1. The predicted octanol–water partition coefficient (Wildman–Crippen LogP) is 0.886. The minimum absolute atomic E-state index is 0.00671. The molecule has 1 rings (SSSR count). The van der Waals surface area contributed by atoms with Crippen molar-refractivity contribution in [1.82, 2.24) is 5.32 Å². The van der Waals surface area contributed by atoms with Gasteiger partial charge in [0.15, 0.2) is 6.61 Å². The van der Waals surface area contributed by atoms with Crippen molar-refractivity contribution in [2.45, 2.75) is 13.5 Å². The Labute approximate surface area is 147 Å². The average Bonchev–Trinajstić information content (AvgIpc) is 2.57. The van der Waals surface area contributed by atoms with E-state index in [-0.39, 0.29) is 22.6 Å². The van der Waals surface area contributed by atoms with Crippen molar-refractivity contribution in [2.24, 2.45) is 5.73 Å². The standard InChI is InChI=1S/C16H15F2N3O5/c1-9(20)12(6-19)13(22)8-25-14(23)7-21-15(24)10-3-2-4-11(5-10)26-16(17)18/h2-5,16H,7-8,20H2,1H3,(H,21,24). The Bertz CT molecular complexity index is 767. The summed E-state index contributed by atoms with van der Waals surface area (Å²) in [5, 5.41) is 10.9. The Balaban J connectivity index is 2.53. The van der Waals surface area contributed by atoms with Crippen molar-refractivity contribution in [3.63, 3.8) is 0 Å². The van der Waals surface area contributed by atoms with Crippen LogP contribution >= 0.6 is 0 Å². The number of nitrogens with two attached hydrogens (primary N) is 1. The third kappa shape index (κ3) is 6.56. The number of Topliss-reactive ketones (excluding diaryl/α,β-unsaturated/α-hetero) is 1. The number of hydrogen-bond donors (Lipinski definition) is 2. The van der Waals surface area contributed by atoms with E-state index in [4.69, 9.17) is 11.0 Å². The van der Waals surface area contributed by atoms with Gasteiger partial charge in [0.05, 0.1) is 0 Å². The molecule has 1 aromatic carbocycles. The number of rotatable bonds is 8. The van der Waals surface area contributed by atoms with Crippen LogP contribution in [0.25, 0.3) is 0 Å². The number of ether oxygens (including phenoxy) is 2. The van der Waals surface area contributed by atoms with Crippen molar-refractivity contribution >= 4 is 17.7 Å². The summed E-state index contributed by atoms with van der Waals surface area (Å²) in [7, 11) is 0. The lowest BCUT2D eigenvalue weighted by molar-refractivity contribution is -0.145. The summed E-state index contributed by atoms with van der Waals surface area (Å²) in [6.07, 6.45) is 0. The Hall–Kier alpha value is -3.48. The van der Waals surface area contributed by atoms with E-state index in [1.165, 1.54) is 25.1 Å². The molecule has 0 radical (unpaired) electrons.